The third-order valence-electron chi connectivity index (χ3n) is 2.13. The number of benzene rings is 1. The summed E-state index contributed by atoms with van der Waals surface area (Å²) in [5, 5.41) is 0. The molecule has 1 aromatic carbocycles. The third kappa shape index (κ3) is 3.50. The van der Waals surface area contributed by atoms with Crippen LogP contribution in [0.3, 0.4) is 0 Å². The minimum atomic E-state index is -0.399. The number of hydrogen-bond acceptors (Lipinski definition) is 2. The molecule has 0 unspecified atom stereocenters. The van der Waals surface area contributed by atoms with E-state index in [2.05, 4.69) is 6.58 Å². The average Bonchev–Trinajstić information content (AvgIpc) is 2.24. The number of Topliss-reactive ketones (excluding diaryl/α,β-unsaturated/α-hetero) is 1. The van der Waals surface area contributed by atoms with E-state index in [4.69, 9.17) is 4.74 Å². The summed E-state index contributed by atoms with van der Waals surface area (Å²) in [6, 6.07) is 3.94. The molecule has 0 amide bonds. The lowest BCUT2D eigenvalue weighted by molar-refractivity contribution is 0.101. The van der Waals surface area contributed by atoms with Crippen LogP contribution in [-0.2, 0) is 0 Å². The van der Waals surface area contributed by atoms with Crippen LogP contribution < -0.4 is 4.74 Å². The highest BCUT2D eigenvalue weighted by molar-refractivity contribution is 5.96. The molecule has 2 nitrogen and oxygen atoms in total. The van der Waals surface area contributed by atoms with Gasteiger partial charge in [0.25, 0.3) is 0 Å². The van der Waals surface area contributed by atoms with Gasteiger partial charge in [-0.3, -0.25) is 4.79 Å². The summed E-state index contributed by atoms with van der Waals surface area (Å²) < 4.78 is 18.4. The fourth-order valence-electron chi connectivity index (χ4n) is 1.32. The van der Waals surface area contributed by atoms with Crippen molar-refractivity contribution in [1.29, 1.82) is 0 Å². The molecule has 16 heavy (non-hydrogen) atoms. The second-order valence-electron chi connectivity index (χ2n) is 3.48. The summed E-state index contributed by atoms with van der Waals surface area (Å²) >= 11 is 0. The maximum absolute atomic E-state index is 13.0. The third-order valence-corrected chi connectivity index (χ3v) is 2.13. The first-order valence-corrected chi connectivity index (χ1v) is 5.19. The molecular formula is C13H15FO2. The van der Waals surface area contributed by atoms with Crippen LogP contribution in [0.4, 0.5) is 4.39 Å². The van der Waals surface area contributed by atoms with E-state index in [1.54, 1.807) is 6.08 Å². The molecule has 0 bridgehead atoms. The maximum atomic E-state index is 13.0. The lowest BCUT2D eigenvalue weighted by Gasteiger charge is -2.09. The molecule has 0 saturated carbocycles. The molecule has 0 N–H and O–H groups in total. The Labute approximate surface area is 94.7 Å². The molecule has 3 heteroatoms. The number of carbonyl (C=O) groups excluding carboxylic acids is 1. The first kappa shape index (κ1) is 12.4. The number of halogens is 1. The largest absolute Gasteiger partial charge is 0.493 e. The molecule has 0 spiro atoms. The molecule has 86 valence electrons. The quantitative estimate of drug-likeness (QED) is 0.419. The molecule has 1 aromatic rings. The number of carbonyl (C=O) groups is 1. The monoisotopic (exact) mass is 222 g/mol. The fraction of sp³-hybridized carbons (Fsp3) is 0.308. The van der Waals surface area contributed by atoms with E-state index in [1.165, 1.54) is 25.1 Å². The van der Waals surface area contributed by atoms with Crippen LogP contribution in [0.25, 0.3) is 0 Å². The second-order valence-corrected chi connectivity index (χ2v) is 3.48. The summed E-state index contributed by atoms with van der Waals surface area (Å²) in [7, 11) is 0. The van der Waals surface area contributed by atoms with Crippen LogP contribution in [0.5, 0.6) is 5.75 Å². The van der Waals surface area contributed by atoms with Crippen molar-refractivity contribution in [3.8, 4) is 5.75 Å². The van der Waals surface area contributed by atoms with Crippen molar-refractivity contribution in [3.05, 3.63) is 42.2 Å². The molecule has 0 aromatic heterocycles. The normalized spacial score (nSPS) is 9.88. The highest BCUT2D eigenvalue weighted by Gasteiger charge is 2.09. The Hall–Kier alpha value is -1.64. The fourth-order valence-corrected chi connectivity index (χ4v) is 1.32. The summed E-state index contributed by atoms with van der Waals surface area (Å²) in [5.41, 5.74) is 0.417. The van der Waals surface area contributed by atoms with Crippen molar-refractivity contribution in [2.75, 3.05) is 6.61 Å². The molecule has 0 aliphatic carbocycles. The first-order valence-electron chi connectivity index (χ1n) is 5.19. The van der Waals surface area contributed by atoms with Crippen LogP contribution in [-0.4, -0.2) is 12.4 Å². The summed E-state index contributed by atoms with van der Waals surface area (Å²) in [6.45, 7) is 5.48. The van der Waals surface area contributed by atoms with Crippen molar-refractivity contribution in [3.63, 3.8) is 0 Å². The van der Waals surface area contributed by atoms with Crippen LogP contribution in [0.2, 0.25) is 0 Å². The van der Waals surface area contributed by atoms with Crippen molar-refractivity contribution in [2.45, 2.75) is 19.8 Å². The molecule has 1 rings (SSSR count). The zero-order valence-electron chi connectivity index (χ0n) is 9.33. The van der Waals surface area contributed by atoms with Crippen molar-refractivity contribution in [2.24, 2.45) is 0 Å². The van der Waals surface area contributed by atoms with Crippen molar-refractivity contribution in [1.82, 2.24) is 0 Å². The van der Waals surface area contributed by atoms with Crippen molar-refractivity contribution < 1.29 is 13.9 Å². The lowest BCUT2D eigenvalue weighted by Crippen LogP contribution is -2.03. The van der Waals surface area contributed by atoms with Gasteiger partial charge in [-0.25, -0.2) is 4.39 Å². The zero-order chi connectivity index (χ0) is 12.0. The lowest BCUT2D eigenvalue weighted by atomic mass is 10.1. The Morgan fingerprint density at radius 3 is 2.94 bits per heavy atom. The standard InChI is InChI=1S/C13H15FO2/c1-3-4-5-8-16-13-9-11(14)6-7-12(13)10(2)15/h3,6-7,9H,1,4-5,8H2,2H3. The Balaban J connectivity index is 2.72. The molecule has 0 heterocycles. The summed E-state index contributed by atoms with van der Waals surface area (Å²) in [6.07, 6.45) is 3.43. The molecule has 0 aliphatic heterocycles. The number of ether oxygens (including phenoxy) is 1. The summed E-state index contributed by atoms with van der Waals surface area (Å²) in [4.78, 5) is 11.2. The van der Waals surface area contributed by atoms with E-state index in [0.717, 1.165) is 12.8 Å². The van der Waals surface area contributed by atoms with Gasteiger partial charge in [-0.1, -0.05) is 6.08 Å². The van der Waals surface area contributed by atoms with Gasteiger partial charge in [0.1, 0.15) is 11.6 Å². The number of unbranched alkanes of at least 4 members (excludes halogenated alkanes) is 1. The van der Waals surface area contributed by atoms with Crippen LogP contribution in [0, 0.1) is 5.82 Å². The van der Waals surface area contributed by atoms with Gasteiger partial charge in [-0.2, -0.15) is 0 Å². The SMILES string of the molecule is C=CCCCOc1cc(F)ccc1C(C)=O. The summed E-state index contributed by atoms with van der Waals surface area (Å²) in [5.74, 6) is -0.209. The molecule has 0 saturated heterocycles. The van der Waals surface area contributed by atoms with E-state index >= 15 is 0 Å². The minimum absolute atomic E-state index is 0.126. The Morgan fingerprint density at radius 2 is 2.31 bits per heavy atom. The highest BCUT2D eigenvalue weighted by Crippen LogP contribution is 2.20. The Kier molecular flexibility index (Phi) is 4.70. The maximum Gasteiger partial charge on any atom is 0.163 e. The topological polar surface area (TPSA) is 26.3 Å². The van der Waals surface area contributed by atoms with Crippen LogP contribution in [0.1, 0.15) is 30.1 Å². The number of ketones is 1. The van der Waals surface area contributed by atoms with Gasteiger partial charge in [0.15, 0.2) is 5.78 Å². The van der Waals surface area contributed by atoms with E-state index in [1.807, 2.05) is 0 Å². The number of allylic oxidation sites excluding steroid dienone is 1. The van der Waals surface area contributed by atoms with E-state index in [-0.39, 0.29) is 5.78 Å². The molecule has 0 atom stereocenters. The van der Waals surface area contributed by atoms with Crippen molar-refractivity contribution >= 4 is 5.78 Å². The Bertz CT molecular complexity index is 386. The smallest absolute Gasteiger partial charge is 0.163 e. The number of rotatable bonds is 6. The van der Waals surface area contributed by atoms with Gasteiger partial charge >= 0.3 is 0 Å². The van der Waals surface area contributed by atoms with Crippen LogP contribution in [0.15, 0.2) is 30.9 Å². The second kappa shape index (κ2) is 6.05. The zero-order valence-corrected chi connectivity index (χ0v) is 9.33. The van der Waals surface area contributed by atoms with Crippen LogP contribution >= 0.6 is 0 Å². The molecule has 0 radical (unpaired) electrons. The first-order chi connectivity index (χ1) is 7.65. The van der Waals surface area contributed by atoms with E-state index in [9.17, 15) is 9.18 Å². The van der Waals surface area contributed by atoms with E-state index < -0.39 is 5.82 Å². The highest BCUT2D eigenvalue weighted by atomic mass is 19.1. The van der Waals surface area contributed by atoms with Gasteiger partial charge in [0, 0.05) is 6.07 Å². The molecular weight excluding hydrogens is 207 g/mol. The molecule has 0 fully saturated rings. The van der Waals surface area contributed by atoms with Gasteiger partial charge < -0.3 is 4.74 Å². The number of hydrogen-bond donors (Lipinski definition) is 0. The predicted molar refractivity (Wildman–Crippen MR) is 61.3 cm³/mol. The average molecular weight is 222 g/mol. The van der Waals surface area contributed by atoms with Gasteiger partial charge in [0.2, 0.25) is 0 Å². The minimum Gasteiger partial charge on any atom is -0.493 e. The van der Waals surface area contributed by atoms with E-state index in [0.29, 0.717) is 17.9 Å². The van der Waals surface area contributed by atoms with Gasteiger partial charge in [0.05, 0.1) is 12.2 Å². The predicted octanol–water partition coefficient (Wildman–Crippen LogP) is 3.37. The Morgan fingerprint density at radius 1 is 1.56 bits per heavy atom. The van der Waals surface area contributed by atoms with Gasteiger partial charge in [-0.05, 0) is 31.9 Å². The molecule has 0 aliphatic rings. The van der Waals surface area contributed by atoms with Gasteiger partial charge in [-0.15, -0.1) is 6.58 Å².